The van der Waals surface area contributed by atoms with E-state index in [2.05, 4.69) is 16.7 Å². The molecular weight excluding hydrogens is 234 g/mol. The minimum atomic E-state index is 0.335. The Hall–Kier alpha value is -0.120. The topological polar surface area (TPSA) is 32.5 Å². The number of hydrogen-bond donors (Lipinski definition) is 1. The van der Waals surface area contributed by atoms with E-state index in [0.717, 1.165) is 18.6 Å². The molecule has 0 aromatic heterocycles. The highest BCUT2D eigenvalue weighted by Gasteiger charge is 2.48. The predicted molar refractivity (Wildman–Crippen MR) is 80.3 cm³/mol. The molecule has 3 aliphatic rings. The maximum atomic E-state index is 6.30. The minimum absolute atomic E-state index is 0.335. The lowest BCUT2D eigenvalue weighted by Gasteiger charge is -2.50. The van der Waals surface area contributed by atoms with Crippen LogP contribution in [0.5, 0.6) is 0 Å². The average molecular weight is 265 g/mol. The molecule has 2 aliphatic heterocycles. The predicted octanol–water partition coefficient (Wildman–Crippen LogP) is 2.21. The Morgan fingerprint density at radius 1 is 1.26 bits per heavy atom. The lowest BCUT2D eigenvalue weighted by molar-refractivity contribution is 0.00376. The van der Waals surface area contributed by atoms with Gasteiger partial charge in [0.15, 0.2) is 0 Å². The van der Waals surface area contributed by atoms with Crippen molar-refractivity contribution in [3.63, 3.8) is 0 Å². The van der Waals surface area contributed by atoms with Crippen LogP contribution >= 0.6 is 0 Å². The first-order valence-corrected chi connectivity index (χ1v) is 8.50. The zero-order valence-electron chi connectivity index (χ0n) is 12.6. The Morgan fingerprint density at radius 2 is 2.11 bits per heavy atom. The lowest BCUT2D eigenvalue weighted by atomic mass is 9.81. The summed E-state index contributed by atoms with van der Waals surface area (Å²) >= 11 is 0. The Balaban J connectivity index is 1.72. The van der Waals surface area contributed by atoms with E-state index in [9.17, 15) is 0 Å². The maximum Gasteiger partial charge on any atom is 0.0361 e. The summed E-state index contributed by atoms with van der Waals surface area (Å²) in [7, 11) is 0. The van der Waals surface area contributed by atoms with Crippen LogP contribution in [0.15, 0.2) is 0 Å². The second kappa shape index (κ2) is 5.71. The quantitative estimate of drug-likeness (QED) is 0.799. The van der Waals surface area contributed by atoms with Crippen molar-refractivity contribution in [2.24, 2.45) is 5.73 Å². The number of piperidine rings is 1. The standard InChI is InChI=1S/C16H31N3/c1-2-3-10-19(14-6-7-14)16(13-17)8-11-18-9-4-5-15(18)12-16/h14-15H,2-13,17H2,1H3. The van der Waals surface area contributed by atoms with Crippen molar-refractivity contribution in [3.05, 3.63) is 0 Å². The van der Waals surface area contributed by atoms with Crippen molar-refractivity contribution in [2.75, 3.05) is 26.2 Å². The van der Waals surface area contributed by atoms with Gasteiger partial charge in [-0.2, -0.15) is 0 Å². The van der Waals surface area contributed by atoms with Gasteiger partial charge in [-0.05, 0) is 58.0 Å². The molecule has 110 valence electrons. The van der Waals surface area contributed by atoms with Crippen LogP contribution in [0.1, 0.15) is 58.3 Å². The van der Waals surface area contributed by atoms with E-state index in [-0.39, 0.29) is 0 Å². The van der Waals surface area contributed by atoms with Crippen LogP contribution in [-0.2, 0) is 0 Å². The number of unbranched alkanes of at least 4 members (excludes halogenated alkanes) is 1. The highest BCUT2D eigenvalue weighted by atomic mass is 15.3. The summed E-state index contributed by atoms with van der Waals surface area (Å²) in [6.45, 7) is 7.09. The number of nitrogens with two attached hydrogens (primary N) is 1. The third-order valence-electron chi connectivity index (χ3n) is 5.71. The highest BCUT2D eigenvalue weighted by Crippen LogP contribution is 2.41. The van der Waals surface area contributed by atoms with Crippen molar-refractivity contribution in [2.45, 2.75) is 75.9 Å². The molecule has 3 nitrogen and oxygen atoms in total. The summed E-state index contributed by atoms with van der Waals surface area (Å²) in [6.07, 6.45) is 10.9. The molecule has 2 heterocycles. The van der Waals surface area contributed by atoms with Crippen LogP contribution in [0.3, 0.4) is 0 Å². The minimum Gasteiger partial charge on any atom is -0.329 e. The fourth-order valence-corrected chi connectivity index (χ4v) is 4.40. The van der Waals surface area contributed by atoms with Gasteiger partial charge < -0.3 is 10.6 Å². The normalized spacial score (nSPS) is 35.8. The molecule has 0 radical (unpaired) electrons. The Bertz CT molecular complexity index is 302. The van der Waals surface area contributed by atoms with Crippen molar-refractivity contribution in [1.29, 1.82) is 0 Å². The monoisotopic (exact) mass is 265 g/mol. The van der Waals surface area contributed by atoms with Gasteiger partial charge in [0.05, 0.1) is 0 Å². The van der Waals surface area contributed by atoms with Gasteiger partial charge in [-0.25, -0.2) is 0 Å². The number of rotatable bonds is 6. The van der Waals surface area contributed by atoms with Crippen LogP contribution in [0.4, 0.5) is 0 Å². The van der Waals surface area contributed by atoms with Gasteiger partial charge in [0, 0.05) is 30.7 Å². The molecule has 0 bridgehead atoms. The molecule has 3 fully saturated rings. The fraction of sp³-hybridized carbons (Fsp3) is 1.00. The molecule has 0 amide bonds. The summed E-state index contributed by atoms with van der Waals surface area (Å²) in [5, 5.41) is 0. The third-order valence-corrected chi connectivity index (χ3v) is 5.71. The SMILES string of the molecule is CCCCN(C1CC1)C1(CN)CCN2CCCC2C1. The molecule has 1 aliphatic carbocycles. The van der Waals surface area contributed by atoms with Crippen molar-refractivity contribution >= 4 is 0 Å². The summed E-state index contributed by atoms with van der Waals surface area (Å²) in [4.78, 5) is 5.56. The van der Waals surface area contributed by atoms with E-state index in [0.29, 0.717) is 5.54 Å². The summed E-state index contributed by atoms with van der Waals surface area (Å²) in [5.41, 5.74) is 6.63. The molecule has 2 unspecified atom stereocenters. The molecule has 1 saturated carbocycles. The second-order valence-corrected chi connectivity index (χ2v) is 6.99. The first-order valence-electron chi connectivity index (χ1n) is 8.50. The summed E-state index contributed by atoms with van der Waals surface area (Å²) in [5.74, 6) is 0. The lowest BCUT2D eigenvalue weighted by Crippen LogP contribution is -2.61. The first-order chi connectivity index (χ1) is 9.29. The molecule has 2 atom stereocenters. The zero-order valence-corrected chi connectivity index (χ0v) is 12.6. The van der Waals surface area contributed by atoms with Crippen molar-refractivity contribution < 1.29 is 0 Å². The van der Waals surface area contributed by atoms with Gasteiger partial charge in [-0.1, -0.05) is 13.3 Å². The zero-order chi connectivity index (χ0) is 13.3. The third kappa shape index (κ3) is 2.70. The summed E-state index contributed by atoms with van der Waals surface area (Å²) < 4.78 is 0. The van der Waals surface area contributed by atoms with Crippen LogP contribution in [-0.4, -0.2) is 53.6 Å². The van der Waals surface area contributed by atoms with E-state index < -0.39 is 0 Å². The van der Waals surface area contributed by atoms with Crippen LogP contribution < -0.4 is 5.73 Å². The molecule has 19 heavy (non-hydrogen) atoms. The summed E-state index contributed by atoms with van der Waals surface area (Å²) in [6, 6.07) is 1.70. The van der Waals surface area contributed by atoms with E-state index in [1.165, 1.54) is 71.0 Å². The Morgan fingerprint density at radius 3 is 2.79 bits per heavy atom. The molecular formula is C16H31N3. The van der Waals surface area contributed by atoms with Crippen LogP contribution in [0.2, 0.25) is 0 Å². The Labute approximate surface area is 118 Å². The van der Waals surface area contributed by atoms with E-state index in [1.54, 1.807) is 0 Å². The fourth-order valence-electron chi connectivity index (χ4n) is 4.40. The van der Waals surface area contributed by atoms with Crippen molar-refractivity contribution in [1.82, 2.24) is 9.80 Å². The van der Waals surface area contributed by atoms with E-state index >= 15 is 0 Å². The van der Waals surface area contributed by atoms with Gasteiger partial charge in [0.1, 0.15) is 0 Å². The molecule has 3 heteroatoms. The second-order valence-electron chi connectivity index (χ2n) is 6.99. The molecule has 0 aromatic rings. The average Bonchev–Trinajstić information content (AvgIpc) is 3.16. The molecule has 0 aromatic carbocycles. The number of nitrogens with zero attached hydrogens (tertiary/aromatic N) is 2. The molecule has 2 saturated heterocycles. The Kier molecular flexibility index (Phi) is 4.16. The van der Waals surface area contributed by atoms with Crippen LogP contribution in [0.25, 0.3) is 0 Å². The van der Waals surface area contributed by atoms with Gasteiger partial charge in [0.2, 0.25) is 0 Å². The first kappa shape index (κ1) is 13.8. The smallest absolute Gasteiger partial charge is 0.0361 e. The molecule has 3 rings (SSSR count). The van der Waals surface area contributed by atoms with Gasteiger partial charge in [-0.3, -0.25) is 4.90 Å². The largest absolute Gasteiger partial charge is 0.329 e. The van der Waals surface area contributed by atoms with E-state index in [1.807, 2.05) is 0 Å². The number of hydrogen-bond acceptors (Lipinski definition) is 3. The van der Waals surface area contributed by atoms with Gasteiger partial charge >= 0.3 is 0 Å². The van der Waals surface area contributed by atoms with Gasteiger partial charge in [-0.15, -0.1) is 0 Å². The van der Waals surface area contributed by atoms with Crippen molar-refractivity contribution in [3.8, 4) is 0 Å². The molecule has 2 N–H and O–H groups in total. The van der Waals surface area contributed by atoms with Crippen LogP contribution in [0, 0.1) is 0 Å². The van der Waals surface area contributed by atoms with Gasteiger partial charge in [0.25, 0.3) is 0 Å². The highest BCUT2D eigenvalue weighted by molar-refractivity contribution is 5.05. The molecule has 0 spiro atoms. The number of fused-ring (bicyclic) bond motifs is 1. The maximum absolute atomic E-state index is 6.30. The van der Waals surface area contributed by atoms with E-state index in [4.69, 9.17) is 5.73 Å².